The van der Waals surface area contributed by atoms with E-state index in [-0.39, 0.29) is 62.4 Å². The topological polar surface area (TPSA) is 103 Å². The molecule has 0 bridgehead atoms. The predicted molar refractivity (Wildman–Crippen MR) is 50.9 cm³/mol. The van der Waals surface area contributed by atoms with Crippen molar-refractivity contribution in [1.82, 2.24) is 0 Å². The van der Waals surface area contributed by atoms with Gasteiger partial charge in [-0.2, -0.15) is 0 Å². The van der Waals surface area contributed by atoms with Gasteiger partial charge in [0.15, 0.2) is 0 Å². The molecule has 0 aromatic heterocycles. The number of carboxylic acid groups (broad SMARTS) is 1. The molecule has 6 heteroatoms. The molecule has 1 rings (SSSR count). The van der Waals surface area contributed by atoms with Gasteiger partial charge in [-0.25, -0.2) is 4.79 Å². The van der Waals surface area contributed by atoms with Crippen LogP contribution in [0.1, 0.15) is 17.3 Å². The number of rotatable bonds is 3. The summed E-state index contributed by atoms with van der Waals surface area (Å²) in [7, 11) is 0. The summed E-state index contributed by atoms with van der Waals surface area (Å²) in [6, 6.07) is 4.38. The molecule has 0 aliphatic heterocycles. The van der Waals surface area contributed by atoms with Crippen LogP contribution in [0.2, 0.25) is 0 Å². The Kier molecular flexibility index (Phi) is 9.32. The number of nitrogen functional groups attached to an aromatic ring is 1. The molecule has 0 amide bonds. The van der Waals surface area contributed by atoms with Gasteiger partial charge in [-0.1, -0.05) is 0 Å². The Hall–Kier alpha value is -0.114. The third-order valence-electron chi connectivity index (χ3n) is 1.56. The van der Waals surface area contributed by atoms with Gasteiger partial charge >= 0.3 is 57.4 Å². The second-order valence-electron chi connectivity index (χ2n) is 2.49. The van der Waals surface area contributed by atoms with Gasteiger partial charge in [0, 0.05) is 0 Å². The van der Waals surface area contributed by atoms with Gasteiger partial charge in [-0.15, -0.1) is 0 Å². The average Bonchev–Trinajstić information content (AvgIpc) is 2.08. The Bertz CT molecular complexity index is 330. The molecule has 0 spiro atoms. The Morgan fingerprint density at radius 2 is 2.13 bits per heavy atom. The minimum Gasteiger partial charge on any atom is -0.870 e. The van der Waals surface area contributed by atoms with Crippen LogP contribution in [0.25, 0.3) is 0 Å². The molecule has 0 fully saturated rings. The van der Waals surface area contributed by atoms with Crippen LogP contribution in [0.15, 0.2) is 18.2 Å². The molecule has 5 nitrogen and oxygen atoms in total. The first-order valence-electron chi connectivity index (χ1n) is 3.90. The molecule has 0 aliphatic rings. The molecule has 1 aromatic carbocycles. The van der Waals surface area contributed by atoms with Gasteiger partial charge in [0.25, 0.3) is 0 Å². The molecule has 0 saturated heterocycles. The van der Waals surface area contributed by atoms with Gasteiger partial charge in [-0.3, -0.25) is 0 Å². The number of anilines is 1. The second kappa shape index (κ2) is 8.09. The van der Waals surface area contributed by atoms with E-state index in [9.17, 15) is 4.79 Å². The maximum atomic E-state index is 10.6. The van der Waals surface area contributed by atoms with Crippen molar-refractivity contribution in [2.75, 3.05) is 12.3 Å². The molecule has 4 N–H and O–H groups in total. The summed E-state index contributed by atoms with van der Waals surface area (Å²) in [5.41, 5.74) is 6.19. The number of hydrogen-bond acceptors (Lipinski definition) is 4. The zero-order valence-electron chi connectivity index (χ0n) is 8.73. The molecule has 0 saturated carbocycles. The summed E-state index contributed by atoms with van der Waals surface area (Å²) in [5.74, 6) is -0.566. The van der Waals surface area contributed by atoms with Crippen molar-refractivity contribution in [3.63, 3.8) is 0 Å². The molecule has 1 aromatic rings. The van der Waals surface area contributed by atoms with Crippen LogP contribution in [0.3, 0.4) is 0 Å². The van der Waals surface area contributed by atoms with Crippen molar-refractivity contribution in [3.8, 4) is 5.75 Å². The van der Waals surface area contributed by atoms with E-state index in [1.807, 2.05) is 6.92 Å². The van der Waals surface area contributed by atoms with E-state index >= 15 is 0 Å². The average molecular weight is 237 g/mol. The number of hydrogen-bond donors (Lipinski definition) is 2. The summed E-state index contributed by atoms with van der Waals surface area (Å²) in [5, 5.41) is 8.67. The Labute approximate surface area is 130 Å². The largest absolute Gasteiger partial charge is 1.00 e. The zero-order valence-corrected chi connectivity index (χ0v) is 11.9. The maximum absolute atomic E-state index is 10.6. The summed E-state index contributed by atoms with van der Waals surface area (Å²) in [6.07, 6.45) is 0. The number of carboxylic acids is 1. The molecule has 15 heavy (non-hydrogen) atoms. The fourth-order valence-electron chi connectivity index (χ4n) is 0.948. The van der Waals surface area contributed by atoms with E-state index in [0.717, 1.165) is 0 Å². The Balaban J connectivity index is 0. The maximum Gasteiger partial charge on any atom is 1.00 e. The van der Waals surface area contributed by atoms with Gasteiger partial charge in [0.1, 0.15) is 5.75 Å². The first-order valence-corrected chi connectivity index (χ1v) is 3.90. The summed E-state index contributed by atoms with van der Waals surface area (Å²) >= 11 is 0. The summed E-state index contributed by atoms with van der Waals surface area (Å²) in [4.78, 5) is 10.6. The van der Waals surface area contributed by atoms with Crippen molar-refractivity contribution in [2.24, 2.45) is 0 Å². The molecule has 0 unspecified atom stereocenters. The van der Waals surface area contributed by atoms with Crippen LogP contribution >= 0.6 is 0 Å². The number of carbonyl (C=O) groups is 1. The number of aromatic carboxylic acids is 1. The molecule has 78 valence electrons. The van der Waals surface area contributed by atoms with Gasteiger partial charge in [-0.05, 0) is 25.1 Å². The minimum atomic E-state index is -0.985. The smallest absolute Gasteiger partial charge is 0.870 e. The van der Waals surface area contributed by atoms with Crippen LogP contribution < -0.4 is 61.9 Å². The Morgan fingerprint density at radius 3 is 2.60 bits per heavy atom. The van der Waals surface area contributed by atoms with Crippen molar-refractivity contribution in [3.05, 3.63) is 23.8 Å². The Morgan fingerprint density at radius 1 is 1.53 bits per heavy atom. The van der Waals surface area contributed by atoms with E-state index in [1.54, 1.807) is 0 Å². The normalized spacial score (nSPS) is 8.33. The van der Waals surface area contributed by atoms with Gasteiger partial charge in [0.2, 0.25) is 0 Å². The quantitative estimate of drug-likeness (QED) is 0.476. The van der Waals surface area contributed by atoms with Crippen molar-refractivity contribution in [1.29, 1.82) is 0 Å². The number of benzene rings is 1. The fraction of sp³-hybridized carbons (Fsp3) is 0.222. The van der Waals surface area contributed by atoms with Crippen molar-refractivity contribution < 1.29 is 71.5 Å². The van der Waals surface area contributed by atoms with Crippen molar-refractivity contribution >= 4 is 11.7 Å². The summed E-state index contributed by atoms with van der Waals surface area (Å²) < 4.78 is 5.14. The van der Waals surface area contributed by atoms with E-state index < -0.39 is 5.97 Å². The van der Waals surface area contributed by atoms with E-state index in [4.69, 9.17) is 15.6 Å². The SMILES string of the molecule is CCOc1cc(C(=O)O)ccc1N.[K+].[OH-]. The first-order chi connectivity index (χ1) is 6.15. The second-order valence-corrected chi connectivity index (χ2v) is 2.49. The van der Waals surface area contributed by atoms with Gasteiger partial charge < -0.3 is 21.1 Å². The van der Waals surface area contributed by atoms with E-state index in [0.29, 0.717) is 18.0 Å². The first kappa shape index (κ1) is 17.3. The molecular formula is C9H12KNO4. The fourth-order valence-corrected chi connectivity index (χ4v) is 0.948. The van der Waals surface area contributed by atoms with Crippen LogP contribution in [0.4, 0.5) is 5.69 Å². The monoisotopic (exact) mass is 237 g/mol. The third-order valence-corrected chi connectivity index (χ3v) is 1.56. The standard InChI is InChI=1S/C9H11NO3.K.H2O/c1-2-13-8-5-6(9(11)12)3-4-7(8)10;;/h3-5H,2,10H2,1H3,(H,11,12);;1H2/q;+1;/p-1. The van der Waals surface area contributed by atoms with Crippen LogP contribution in [0.5, 0.6) is 5.75 Å². The molecule has 0 heterocycles. The third kappa shape index (κ3) is 4.96. The number of nitrogens with two attached hydrogens (primary N) is 1. The van der Waals surface area contributed by atoms with Crippen LogP contribution in [-0.2, 0) is 0 Å². The molecular weight excluding hydrogens is 225 g/mol. The minimum absolute atomic E-state index is 0. The molecule has 0 aliphatic carbocycles. The van der Waals surface area contributed by atoms with Crippen LogP contribution in [-0.4, -0.2) is 23.2 Å². The molecule has 0 atom stereocenters. The van der Waals surface area contributed by atoms with E-state index in [2.05, 4.69) is 0 Å². The zero-order chi connectivity index (χ0) is 9.84. The van der Waals surface area contributed by atoms with Crippen LogP contribution in [0, 0.1) is 0 Å². The summed E-state index contributed by atoms with van der Waals surface area (Å²) in [6.45, 7) is 2.28. The van der Waals surface area contributed by atoms with E-state index in [1.165, 1.54) is 18.2 Å². The number of ether oxygens (including phenoxy) is 1. The predicted octanol–water partition coefficient (Wildman–Crippen LogP) is -1.81. The molecule has 0 radical (unpaired) electrons. The van der Waals surface area contributed by atoms with Gasteiger partial charge in [0.05, 0.1) is 17.9 Å². The van der Waals surface area contributed by atoms with Crippen molar-refractivity contribution in [2.45, 2.75) is 6.92 Å².